The van der Waals surface area contributed by atoms with Gasteiger partial charge in [0, 0.05) is 59.9 Å². The average Bonchev–Trinajstić information content (AvgIpc) is 3.61. The van der Waals surface area contributed by atoms with Gasteiger partial charge in [-0.2, -0.15) is 18.3 Å². The summed E-state index contributed by atoms with van der Waals surface area (Å²) in [5.74, 6) is -0.183. The maximum Gasteiger partial charge on any atom is 0.419 e. The molecule has 0 aliphatic carbocycles. The summed E-state index contributed by atoms with van der Waals surface area (Å²) in [6.45, 7) is 4.91. The van der Waals surface area contributed by atoms with E-state index in [4.69, 9.17) is 5.10 Å². The highest BCUT2D eigenvalue weighted by atomic mass is 79.9. The summed E-state index contributed by atoms with van der Waals surface area (Å²) >= 11 is 3.48. The molecule has 0 atom stereocenters. The summed E-state index contributed by atoms with van der Waals surface area (Å²) in [4.78, 5) is 13.1. The topological polar surface area (TPSA) is 62.6 Å². The maximum absolute atomic E-state index is 16.2. The van der Waals surface area contributed by atoms with Crippen molar-refractivity contribution in [1.82, 2.24) is 24.7 Å². The number of benzene rings is 2. The number of fused-ring (bicyclic) bond motifs is 2. The van der Waals surface area contributed by atoms with Crippen LogP contribution in [0.15, 0.2) is 48.9 Å². The number of hydrogen-bond donors (Lipinski definition) is 1. The molecule has 1 aliphatic heterocycles. The first-order valence-corrected chi connectivity index (χ1v) is 14.6. The van der Waals surface area contributed by atoms with Gasteiger partial charge in [-0.05, 0) is 41.7 Å². The number of hydrogen-bond acceptors (Lipinski definition) is 4. The van der Waals surface area contributed by atoms with Crippen LogP contribution in [0.5, 0.6) is 0 Å². The summed E-state index contributed by atoms with van der Waals surface area (Å²) in [5, 5.41) is 6.30. The van der Waals surface area contributed by atoms with E-state index < -0.39 is 11.7 Å². The van der Waals surface area contributed by atoms with Crippen molar-refractivity contribution in [2.45, 2.75) is 51.2 Å². The molecule has 0 bridgehead atoms. The average molecular weight is 627 g/mol. The summed E-state index contributed by atoms with van der Waals surface area (Å²) in [5.41, 5.74) is 6.55. The van der Waals surface area contributed by atoms with Gasteiger partial charge in [-0.25, -0.2) is 19.0 Å². The monoisotopic (exact) mass is 626 g/mol. The van der Waals surface area contributed by atoms with Crippen molar-refractivity contribution in [2.24, 2.45) is 0 Å². The molecule has 1 aliphatic rings. The molecule has 6 rings (SSSR count). The highest BCUT2D eigenvalue weighted by Crippen LogP contribution is 2.41. The number of aromatic nitrogens is 5. The van der Waals surface area contributed by atoms with Crippen molar-refractivity contribution in [3.8, 4) is 16.9 Å². The Bertz CT molecular complexity index is 1720. The summed E-state index contributed by atoms with van der Waals surface area (Å²) < 4.78 is 57.5. The summed E-state index contributed by atoms with van der Waals surface area (Å²) in [7, 11) is 0. The molecule has 6 nitrogen and oxygen atoms in total. The van der Waals surface area contributed by atoms with Crippen LogP contribution in [0.1, 0.15) is 47.4 Å². The molecule has 0 saturated carbocycles. The van der Waals surface area contributed by atoms with E-state index in [9.17, 15) is 13.2 Å². The van der Waals surface area contributed by atoms with Gasteiger partial charge in [-0.3, -0.25) is 0 Å². The second kappa shape index (κ2) is 10.6. The van der Waals surface area contributed by atoms with Crippen molar-refractivity contribution in [3.05, 3.63) is 88.3 Å². The van der Waals surface area contributed by atoms with E-state index in [1.807, 2.05) is 21.7 Å². The zero-order chi connectivity index (χ0) is 28.9. The lowest BCUT2D eigenvalue weighted by Crippen LogP contribution is -2.31. The Kier molecular flexibility index (Phi) is 7.09. The number of H-pyrrole nitrogens is 1. The predicted octanol–water partition coefficient (Wildman–Crippen LogP) is 7.55. The highest BCUT2D eigenvalue weighted by molar-refractivity contribution is 9.08. The molecule has 0 saturated heterocycles. The smallest absolute Gasteiger partial charge is 0.361 e. The second-order valence-electron chi connectivity index (χ2n) is 10.1. The first-order chi connectivity index (χ1) is 19.7. The van der Waals surface area contributed by atoms with Gasteiger partial charge >= 0.3 is 6.18 Å². The molecule has 5 aromatic rings. The molecule has 0 fully saturated rings. The molecule has 4 heterocycles. The predicted molar refractivity (Wildman–Crippen MR) is 154 cm³/mol. The van der Waals surface area contributed by atoms with Crippen LogP contribution in [0.2, 0.25) is 0 Å². The van der Waals surface area contributed by atoms with Crippen molar-refractivity contribution in [2.75, 3.05) is 11.4 Å². The number of aryl methyl sites for hydroxylation is 2. The number of aromatic amines is 1. The number of rotatable bonds is 6. The SMILES string of the molecule is CCc1cccc(CC)c1-n1nc2c(c1-c1c(F)cc(CBr)c3[nH]ccc13)CN(c1ncc(C(F)(F)F)cn1)CC2. The quantitative estimate of drug-likeness (QED) is 0.156. The molecule has 41 heavy (non-hydrogen) atoms. The minimum Gasteiger partial charge on any atom is -0.361 e. The van der Waals surface area contributed by atoms with Crippen LogP contribution in [0.25, 0.3) is 27.8 Å². The first-order valence-electron chi connectivity index (χ1n) is 13.5. The van der Waals surface area contributed by atoms with E-state index in [0.29, 0.717) is 29.6 Å². The van der Waals surface area contributed by atoms with Crippen LogP contribution < -0.4 is 4.90 Å². The molecule has 1 N–H and O–H groups in total. The lowest BCUT2D eigenvalue weighted by Gasteiger charge is -2.27. The highest BCUT2D eigenvalue weighted by Gasteiger charge is 2.33. The Labute approximate surface area is 242 Å². The van der Waals surface area contributed by atoms with Gasteiger partial charge in [0.05, 0.1) is 28.2 Å². The normalized spacial score (nSPS) is 13.7. The van der Waals surface area contributed by atoms with E-state index in [1.54, 1.807) is 12.3 Å². The van der Waals surface area contributed by atoms with Crippen LogP contribution in [0, 0.1) is 5.82 Å². The lowest BCUT2D eigenvalue weighted by atomic mass is 9.96. The third-order valence-electron chi connectivity index (χ3n) is 7.72. The van der Waals surface area contributed by atoms with E-state index in [1.165, 1.54) is 0 Å². The minimum atomic E-state index is -4.52. The van der Waals surface area contributed by atoms with Crippen LogP contribution in [-0.2, 0) is 37.3 Å². The minimum absolute atomic E-state index is 0.187. The molecular formula is C30H27BrF4N6. The third kappa shape index (κ3) is 4.69. The van der Waals surface area contributed by atoms with Gasteiger partial charge in [0.25, 0.3) is 0 Å². The van der Waals surface area contributed by atoms with Gasteiger partial charge < -0.3 is 9.88 Å². The molecule has 0 amide bonds. The number of alkyl halides is 4. The van der Waals surface area contributed by atoms with E-state index in [-0.39, 0.29) is 18.3 Å². The summed E-state index contributed by atoms with van der Waals surface area (Å²) in [6.07, 6.45) is 0.919. The van der Waals surface area contributed by atoms with E-state index >= 15 is 4.39 Å². The van der Waals surface area contributed by atoms with Gasteiger partial charge in [0.1, 0.15) is 5.82 Å². The molecule has 2 aromatic carbocycles. The zero-order valence-electron chi connectivity index (χ0n) is 22.5. The van der Waals surface area contributed by atoms with Crippen LogP contribution in [0.3, 0.4) is 0 Å². The van der Waals surface area contributed by atoms with E-state index in [2.05, 4.69) is 56.9 Å². The maximum atomic E-state index is 16.2. The van der Waals surface area contributed by atoms with Crippen molar-refractivity contribution in [1.29, 1.82) is 0 Å². The number of para-hydroxylation sites is 1. The first kappa shape index (κ1) is 27.4. The third-order valence-corrected chi connectivity index (χ3v) is 8.32. The Morgan fingerprint density at radius 2 is 1.73 bits per heavy atom. The van der Waals surface area contributed by atoms with Gasteiger partial charge in [0.2, 0.25) is 5.95 Å². The fourth-order valence-corrected chi connectivity index (χ4v) is 6.14. The Hall–Kier alpha value is -3.73. The molecule has 11 heteroatoms. The van der Waals surface area contributed by atoms with Gasteiger partial charge in [0.15, 0.2) is 0 Å². The Morgan fingerprint density at radius 3 is 2.37 bits per heavy atom. The molecule has 0 unspecified atom stereocenters. The molecular weight excluding hydrogens is 600 g/mol. The fourth-order valence-electron chi connectivity index (χ4n) is 5.70. The largest absolute Gasteiger partial charge is 0.419 e. The van der Waals surface area contributed by atoms with Gasteiger partial charge in [-0.1, -0.05) is 48.0 Å². The summed E-state index contributed by atoms with van der Waals surface area (Å²) in [6, 6.07) is 9.58. The van der Waals surface area contributed by atoms with Crippen LogP contribution in [-0.4, -0.2) is 31.3 Å². The van der Waals surface area contributed by atoms with Crippen LogP contribution >= 0.6 is 15.9 Å². The fraction of sp³-hybridized carbons (Fsp3) is 0.300. The Morgan fingerprint density at radius 1 is 1.02 bits per heavy atom. The standard InChI is InChI=1S/C30H27BrF4N6/c1-3-17-6-5-7-18(4-2)27(17)41-28(25-21-8-10-36-26(21)19(13-31)12-23(25)32)22-16-40(11-9-24(22)39-41)29-37-14-20(15-38-29)30(33,34)35/h5-8,10,12,14-15,36H,3-4,9,11,13,16H2,1-2H3. The van der Waals surface area contributed by atoms with E-state index in [0.717, 1.165) is 69.8 Å². The molecule has 3 aromatic heterocycles. The Balaban J connectivity index is 1.58. The molecule has 0 radical (unpaired) electrons. The van der Waals surface area contributed by atoms with Gasteiger partial charge in [-0.15, -0.1) is 0 Å². The second-order valence-corrected chi connectivity index (χ2v) is 10.6. The number of anilines is 1. The van der Waals surface area contributed by atoms with Crippen molar-refractivity contribution < 1.29 is 17.6 Å². The lowest BCUT2D eigenvalue weighted by molar-refractivity contribution is -0.138. The number of nitrogens with one attached hydrogen (secondary N) is 1. The number of halogens is 5. The van der Waals surface area contributed by atoms with Crippen molar-refractivity contribution in [3.63, 3.8) is 0 Å². The molecule has 0 spiro atoms. The molecule has 212 valence electrons. The number of nitrogens with zero attached hydrogens (tertiary/aromatic N) is 5. The zero-order valence-corrected chi connectivity index (χ0v) is 24.1. The van der Waals surface area contributed by atoms with Crippen LogP contribution in [0.4, 0.5) is 23.5 Å². The van der Waals surface area contributed by atoms with Crippen molar-refractivity contribution >= 4 is 32.8 Å².